The van der Waals surface area contributed by atoms with Gasteiger partial charge in [-0.2, -0.15) is 0 Å². The molecule has 19 nitrogen and oxygen atoms in total. The summed E-state index contributed by atoms with van der Waals surface area (Å²) in [6, 6.07) is -1.38. The quantitative estimate of drug-likeness (QED) is 0.158. The number of phosphoric acid groups is 1. The highest BCUT2D eigenvalue weighted by Gasteiger charge is 2.45. The number of urea groups is 1. The van der Waals surface area contributed by atoms with Gasteiger partial charge in [0, 0.05) is 12.2 Å². The second-order valence-corrected chi connectivity index (χ2v) is 14.4. The third-order valence-corrected chi connectivity index (χ3v) is 11.0. The normalized spacial score (nSPS) is 30.5. The number of carboxylic acids is 1. The number of rotatable bonds is 11. The highest BCUT2D eigenvalue weighted by Crippen LogP contribution is 2.56. The van der Waals surface area contributed by atoms with Crippen molar-refractivity contribution in [2.24, 2.45) is 5.92 Å². The fourth-order valence-corrected chi connectivity index (χ4v) is 8.63. The van der Waals surface area contributed by atoms with Gasteiger partial charge < -0.3 is 49.6 Å². The molecule has 5 rings (SSSR count). The van der Waals surface area contributed by atoms with Gasteiger partial charge in [-0.05, 0) is 38.1 Å². The summed E-state index contributed by atoms with van der Waals surface area (Å²) < 4.78 is 40.7. The molecule has 5 unspecified atom stereocenters. The van der Waals surface area contributed by atoms with Crippen molar-refractivity contribution in [3.8, 4) is 0 Å². The predicted octanol–water partition coefficient (Wildman–Crippen LogP) is -0.983. The smallest absolute Gasteiger partial charge is 0.320 e. The van der Waals surface area contributed by atoms with E-state index in [0.717, 1.165) is 32.0 Å². The number of carboxylic acid groups (broad SMARTS) is 1. The van der Waals surface area contributed by atoms with Crippen molar-refractivity contribution in [2.75, 3.05) is 24.6 Å². The van der Waals surface area contributed by atoms with Crippen molar-refractivity contribution in [3.05, 3.63) is 12.7 Å². The van der Waals surface area contributed by atoms with E-state index in [1.54, 1.807) is 0 Å². The summed E-state index contributed by atoms with van der Waals surface area (Å²) in [6.45, 7) is -0.668. The molecule has 244 valence electrons. The standard InChI is InChI=1S/C23H35N7O12P2/c31-17-15(8-40-44(38,39)42-43(36,37)9-12-5-6-24-14(7-12)22(33)34)41-21(18(17)32)30-11-27-16-19(25-10-26-20(16)30)29-23(35)28-13-3-1-2-4-13/h10-15,17-18,21,24,31-32H,1-9H2,(H,33,34)(H,36,37)(H,38,39)(H2,25,26,28,29,35)/p-2/t12?,14?,15-,17?,18+,21-/m1/s1. The van der Waals surface area contributed by atoms with Crippen LogP contribution in [0.15, 0.2) is 12.7 Å². The van der Waals surface area contributed by atoms with E-state index in [-0.39, 0.29) is 36.0 Å². The number of phosphoric ester groups is 1. The number of amides is 2. The Hall–Kier alpha value is -2.57. The first-order valence-electron chi connectivity index (χ1n) is 14.0. The lowest BCUT2D eigenvalue weighted by atomic mass is 9.94. The van der Waals surface area contributed by atoms with Crippen molar-refractivity contribution >= 4 is 44.4 Å². The molecule has 1 aliphatic carbocycles. The molecule has 0 aromatic carbocycles. The highest BCUT2D eigenvalue weighted by molar-refractivity contribution is 7.62. The van der Waals surface area contributed by atoms with Crippen LogP contribution in [0.5, 0.6) is 0 Å². The highest BCUT2D eigenvalue weighted by atomic mass is 31.3. The first kappa shape index (κ1) is 32.8. The molecule has 44 heavy (non-hydrogen) atoms. The average Bonchev–Trinajstić information content (AvgIpc) is 3.68. The summed E-state index contributed by atoms with van der Waals surface area (Å²) in [4.78, 5) is 60.8. The molecule has 2 amide bonds. The molecule has 3 fully saturated rings. The van der Waals surface area contributed by atoms with Crippen LogP contribution in [0.4, 0.5) is 10.6 Å². The minimum atomic E-state index is -5.48. The summed E-state index contributed by atoms with van der Waals surface area (Å²) in [7, 11) is -10.5. The van der Waals surface area contributed by atoms with Crippen LogP contribution in [0.1, 0.15) is 44.8 Å². The van der Waals surface area contributed by atoms with E-state index in [9.17, 15) is 38.7 Å². The number of anilines is 1. The van der Waals surface area contributed by atoms with Crippen LogP contribution >= 0.6 is 15.4 Å². The van der Waals surface area contributed by atoms with E-state index in [2.05, 4.69) is 39.7 Å². The summed E-state index contributed by atoms with van der Waals surface area (Å²) in [6.07, 6.45) is -0.299. The molecular formula is C23H33N7O12P2-2. The lowest BCUT2D eigenvalue weighted by molar-refractivity contribution is -0.234. The van der Waals surface area contributed by atoms with Crippen LogP contribution < -0.4 is 25.7 Å². The lowest BCUT2D eigenvalue weighted by Crippen LogP contribution is -2.44. The number of aliphatic hydroxyl groups is 2. The van der Waals surface area contributed by atoms with Crippen molar-refractivity contribution in [3.63, 3.8) is 0 Å². The number of nitrogens with zero attached hydrogens (tertiary/aromatic N) is 4. The zero-order chi connectivity index (χ0) is 31.6. The number of aromatic nitrogens is 4. The Morgan fingerprint density at radius 2 is 1.89 bits per heavy atom. The maximum absolute atomic E-state index is 12.4. The topological polar surface area (TPSA) is 282 Å². The van der Waals surface area contributed by atoms with E-state index in [1.165, 1.54) is 10.9 Å². The summed E-state index contributed by atoms with van der Waals surface area (Å²) in [5.74, 6) is -1.71. The molecule has 0 radical (unpaired) electrons. The predicted molar refractivity (Wildman–Crippen MR) is 145 cm³/mol. The van der Waals surface area contributed by atoms with Gasteiger partial charge in [0.15, 0.2) is 23.2 Å². The number of fused-ring (bicyclic) bond motifs is 1. The molecule has 0 spiro atoms. The number of hydrogen-bond donors (Lipinski definition) is 6. The van der Waals surface area contributed by atoms with Gasteiger partial charge in [0.1, 0.15) is 38.3 Å². The summed E-state index contributed by atoms with van der Waals surface area (Å²) in [5, 5.41) is 38.6. The SMILES string of the molecule is O=C(Nc1ncnc2c1ncn2[C@@H]1O[C@H](COP(=O)([O-])OP(=O)([O-])CC2CCNC(C(=O)O)C2)C(O)[C@@H]1O)NC1CCCC1. The van der Waals surface area contributed by atoms with Gasteiger partial charge in [-0.1, -0.05) is 12.8 Å². The van der Waals surface area contributed by atoms with E-state index >= 15 is 0 Å². The Morgan fingerprint density at radius 1 is 1.14 bits per heavy atom. The molecule has 0 bridgehead atoms. The Labute approximate surface area is 250 Å². The molecule has 2 aromatic rings. The molecule has 2 aliphatic heterocycles. The fraction of sp³-hybridized carbons (Fsp3) is 0.696. The maximum atomic E-state index is 12.4. The number of aliphatic carboxylic acids is 1. The third kappa shape index (κ3) is 7.80. The largest absolute Gasteiger partial charge is 0.778 e. The molecule has 2 aromatic heterocycles. The number of carbonyl (C=O) groups excluding carboxylic acids is 1. The average molecular weight is 662 g/mol. The Morgan fingerprint density at radius 3 is 2.61 bits per heavy atom. The zero-order valence-electron chi connectivity index (χ0n) is 23.3. The minimum Gasteiger partial charge on any atom is -0.778 e. The molecule has 1 saturated carbocycles. The Kier molecular flexibility index (Phi) is 10.0. The monoisotopic (exact) mass is 661 g/mol. The van der Waals surface area contributed by atoms with E-state index in [1.807, 2.05) is 0 Å². The Bertz CT molecular complexity index is 1460. The number of aliphatic hydroxyl groups excluding tert-OH is 2. The molecular weight excluding hydrogens is 628 g/mol. The number of imidazole rings is 1. The van der Waals surface area contributed by atoms with Gasteiger partial charge in [0.25, 0.3) is 7.82 Å². The van der Waals surface area contributed by atoms with Gasteiger partial charge in [-0.15, -0.1) is 0 Å². The number of carbonyl (C=O) groups is 2. The maximum Gasteiger partial charge on any atom is 0.320 e. The van der Waals surface area contributed by atoms with Crippen LogP contribution in [-0.4, -0.2) is 96.5 Å². The molecule has 21 heteroatoms. The Balaban J connectivity index is 1.19. The van der Waals surface area contributed by atoms with E-state index < -0.39 is 76.7 Å². The van der Waals surface area contributed by atoms with E-state index in [0.29, 0.717) is 6.42 Å². The second-order valence-electron chi connectivity index (χ2n) is 11.0. The molecule has 2 saturated heterocycles. The number of piperidine rings is 1. The van der Waals surface area contributed by atoms with Crippen molar-refractivity contribution in [1.82, 2.24) is 30.2 Å². The summed E-state index contributed by atoms with van der Waals surface area (Å²) >= 11 is 0. The van der Waals surface area contributed by atoms with Crippen LogP contribution in [0, 0.1) is 5.92 Å². The second kappa shape index (κ2) is 13.4. The first-order valence-corrected chi connectivity index (χ1v) is 17.2. The van der Waals surface area contributed by atoms with Gasteiger partial charge in [0.05, 0.1) is 12.9 Å². The van der Waals surface area contributed by atoms with Crippen molar-refractivity contribution in [1.29, 1.82) is 0 Å². The van der Waals surface area contributed by atoms with Gasteiger partial charge in [-0.25, -0.2) is 19.7 Å². The van der Waals surface area contributed by atoms with Crippen LogP contribution in [-0.2, 0) is 27.5 Å². The molecule has 3 aliphatic rings. The van der Waals surface area contributed by atoms with Crippen LogP contribution in [0.2, 0.25) is 0 Å². The van der Waals surface area contributed by atoms with Gasteiger partial charge in [0.2, 0.25) is 0 Å². The minimum absolute atomic E-state index is 0.0323. The molecule has 4 heterocycles. The summed E-state index contributed by atoms with van der Waals surface area (Å²) in [5.41, 5.74) is 0.285. The van der Waals surface area contributed by atoms with Crippen molar-refractivity contribution in [2.45, 2.75) is 75.1 Å². The third-order valence-electron chi connectivity index (χ3n) is 7.81. The van der Waals surface area contributed by atoms with Crippen molar-refractivity contribution < 1.29 is 57.4 Å². The zero-order valence-corrected chi connectivity index (χ0v) is 25.0. The molecule has 6 N–H and O–H groups in total. The lowest BCUT2D eigenvalue weighted by Gasteiger charge is -2.36. The van der Waals surface area contributed by atoms with Gasteiger partial charge >= 0.3 is 12.0 Å². The molecule has 8 atom stereocenters. The number of hydrogen-bond acceptors (Lipinski definition) is 15. The first-order chi connectivity index (χ1) is 20.8. The number of ether oxygens (including phenoxy) is 1. The number of nitrogens with one attached hydrogen (secondary N) is 3. The van der Waals surface area contributed by atoms with Gasteiger partial charge in [-0.3, -0.25) is 23.6 Å². The van der Waals surface area contributed by atoms with Crippen LogP contribution in [0.3, 0.4) is 0 Å². The van der Waals surface area contributed by atoms with Crippen LogP contribution in [0.25, 0.3) is 11.2 Å². The van der Waals surface area contributed by atoms with E-state index in [4.69, 9.17) is 9.84 Å². The fourth-order valence-electron chi connectivity index (χ4n) is 5.67.